The van der Waals surface area contributed by atoms with Gasteiger partial charge in [-0.1, -0.05) is 54.4 Å². The van der Waals surface area contributed by atoms with Crippen LogP contribution in [0, 0.1) is 0 Å². The van der Waals surface area contributed by atoms with Crippen molar-refractivity contribution in [3.63, 3.8) is 0 Å². The van der Waals surface area contributed by atoms with E-state index in [1.807, 2.05) is 24.3 Å². The van der Waals surface area contributed by atoms with Gasteiger partial charge in [-0.25, -0.2) is 0 Å². The fourth-order valence-electron chi connectivity index (χ4n) is 3.82. The van der Waals surface area contributed by atoms with Crippen molar-refractivity contribution < 1.29 is 9.59 Å². The molecule has 0 atom stereocenters. The first kappa shape index (κ1) is 21.9. The van der Waals surface area contributed by atoms with Crippen molar-refractivity contribution >= 4 is 46.9 Å². The summed E-state index contributed by atoms with van der Waals surface area (Å²) in [5.41, 5.74) is 2.01. The molecule has 2 N–H and O–H groups in total. The number of carbonyl (C=O) groups excluding carboxylic acids is 2. The van der Waals surface area contributed by atoms with E-state index in [1.54, 1.807) is 24.3 Å². The molecule has 1 fully saturated rings. The molecule has 0 saturated carbocycles. The molecule has 2 aromatic carbocycles. The Bertz CT molecular complexity index is 1000. The monoisotopic (exact) mass is 455 g/mol. The van der Waals surface area contributed by atoms with E-state index in [2.05, 4.69) is 15.5 Å². The Morgan fingerprint density at radius 2 is 1.90 bits per heavy atom. The first-order valence-electron chi connectivity index (χ1n) is 10.7. The Morgan fingerprint density at radius 3 is 2.68 bits per heavy atom. The lowest BCUT2D eigenvalue weighted by molar-refractivity contribution is -0.112. The van der Waals surface area contributed by atoms with Crippen LogP contribution in [0.4, 0.5) is 5.69 Å². The second kappa shape index (κ2) is 10.4. The number of hydrogen-bond acceptors (Lipinski definition) is 4. The lowest BCUT2D eigenvalue weighted by Crippen LogP contribution is -2.35. The van der Waals surface area contributed by atoms with Crippen LogP contribution in [0.15, 0.2) is 52.3 Å². The highest BCUT2D eigenvalue weighted by Crippen LogP contribution is 2.39. The number of fused-ring (bicyclic) bond motifs is 1. The van der Waals surface area contributed by atoms with Crippen LogP contribution in [0.5, 0.6) is 0 Å². The lowest BCUT2D eigenvalue weighted by Gasteiger charge is -2.21. The third-order valence-electron chi connectivity index (χ3n) is 5.54. The maximum absolute atomic E-state index is 12.6. The van der Waals surface area contributed by atoms with E-state index >= 15 is 0 Å². The molecule has 2 heterocycles. The molecule has 31 heavy (non-hydrogen) atoms. The van der Waals surface area contributed by atoms with Crippen LogP contribution in [-0.2, 0) is 4.79 Å². The van der Waals surface area contributed by atoms with Gasteiger partial charge in [0.25, 0.3) is 11.8 Å². The van der Waals surface area contributed by atoms with Gasteiger partial charge in [0.1, 0.15) is 0 Å². The van der Waals surface area contributed by atoms with Gasteiger partial charge >= 0.3 is 0 Å². The van der Waals surface area contributed by atoms with Crippen LogP contribution in [0.25, 0.3) is 6.08 Å². The number of benzene rings is 2. The molecule has 2 aliphatic rings. The van der Waals surface area contributed by atoms with Crippen molar-refractivity contribution in [1.82, 2.24) is 10.2 Å². The zero-order valence-electron chi connectivity index (χ0n) is 17.3. The Labute approximate surface area is 192 Å². The Kier molecular flexibility index (Phi) is 7.33. The number of anilines is 1. The number of nitrogens with zero attached hydrogens (tertiary/aromatic N) is 1. The molecular formula is C24H26ClN3O2S. The molecule has 0 radical (unpaired) electrons. The summed E-state index contributed by atoms with van der Waals surface area (Å²) in [6.07, 6.45) is 6.87. The van der Waals surface area contributed by atoms with Gasteiger partial charge in [-0.05, 0) is 61.8 Å². The van der Waals surface area contributed by atoms with Gasteiger partial charge in [0.15, 0.2) is 0 Å². The van der Waals surface area contributed by atoms with E-state index in [-0.39, 0.29) is 11.8 Å². The van der Waals surface area contributed by atoms with Crippen LogP contribution >= 0.6 is 23.4 Å². The maximum Gasteiger partial charge on any atom is 0.262 e. The van der Waals surface area contributed by atoms with Crippen LogP contribution in [0.3, 0.4) is 0 Å². The lowest BCUT2D eigenvalue weighted by atomic mass is 10.1. The molecule has 162 valence electrons. The highest BCUT2D eigenvalue weighted by Gasteiger charge is 2.22. The fraction of sp³-hybridized carbons (Fsp3) is 0.333. The van der Waals surface area contributed by atoms with Gasteiger partial charge < -0.3 is 15.5 Å². The van der Waals surface area contributed by atoms with Crippen LogP contribution in [0.1, 0.15) is 41.6 Å². The smallest absolute Gasteiger partial charge is 0.262 e. The summed E-state index contributed by atoms with van der Waals surface area (Å²) in [6, 6.07) is 12.8. The van der Waals surface area contributed by atoms with Crippen LogP contribution < -0.4 is 10.6 Å². The number of rotatable bonds is 5. The standard InChI is InChI=1S/C24H26ClN3O2S/c25-19-8-4-3-7-17(19)16-22-24(30)27-20-15-18(9-10-21(20)31-22)23(29)26-11-14-28-12-5-1-2-6-13-28/h3-4,7-10,15-16H,1-2,5-6,11-14H2,(H,26,29)(H,27,30). The van der Waals surface area contributed by atoms with Crippen molar-refractivity contribution in [2.24, 2.45) is 0 Å². The normalized spacial score (nSPS) is 18.2. The molecule has 0 bridgehead atoms. The average molecular weight is 456 g/mol. The molecule has 0 unspecified atom stereocenters. The topological polar surface area (TPSA) is 61.4 Å². The number of nitrogens with one attached hydrogen (secondary N) is 2. The summed E-state index contributed by atoms with van der Waals surface area (Å²) in [6.45, 7) is 3.73. The van der Waals surface area contributed by atoms with Crippen molar-refractivity contribution in [2.45, 2.75) is 30.6 Å². The van der Waals surface area contributed by atoms with Crippen molar-refractivity contribution in [1.29, 1.82) is 0 Å². The van der Waals surface area contributed by atoms with Gasteiger partial charge in [-0.2, -0.15) is 0 Å². The van der Waals surface area contributed by atoms with Gasteiger partial charge in [-0.3, -0.25) is 9.59 Å². The van der Waals surface area contributed by atoms with Crippen molar-refractivity contribution in [3.8, 4) is 0 Å². The molecule has 1 saturated heterocycles. The minimum absolute atomic E-state index is 0.116. The second-order valence-electron chi connectivity index (χ2n) is 7.81. The number of hydrogen-bond donors (Lipinski definition) is 2. The van der Waals surface area contributed by atoms with Crippen LogP contribution in [0.2, 0.25) is 5.02 Å². The van der Waals surface area contributed by atoms with Crippen molar-refractivity contribution in [2.75, 3.05) is 31.5 Å². The molecule has 2 amide bonds. The second-order valence-corrected chi connectivity index (χ2v) is 9.30. The van der Waals surface area contributed by atoms with E-state index in [0.29, 0.717) is 27.7 Å². The summed E-state index contributed by atoms with van der Waals surface area (Å²) >= 11 is 7.59. The number of halogens is 1. The number of thioether (sulfide) groups is 1. The molecule has 7 heteroatoms. The SMILES string of the molecule is O=C1Nc2cc(C(=O)NCCN3CCCCCC3)ccc2SC1=Cc1ccccc1Cl. The highest BCUT2D eigenvalue weighted by molar-refractivity contribution is 8.04. The molecule has 0 spiro atoms. The fourth-order valence-corrected chi connectivity index (χ4v) is 4.94. The molecule has 2 aromatic rings. The van der Waals surface area contributed by atoms with Crippen LogP contribution in [-0.4, -0.2) is 42.9 Å². The van der Waals surface area contributed by atoms with E-state index in [0.717, 1.165) is 30.1 Å². The molecule has 4 rings (SSSR count). The summed E-state index contributed by atoms with van der Waals surface area (Å²) in [7, 11) is 0. The molecule has 0 aromatic heterocycles. The third kappa shape index (κ3) is 5.70. The van der Waals surface area contributed by atoms with Crippen molar-refractivity contribution in [3.05, 3.63) is 63.5 Å². The van der Waals surface area contributed by atoms with E-state index in [1.165, 1.54) is 37.4 Å². The minimum atomic E-state index is -0.198. The largest absolute Gasteiger partial charge is 0.351 e. The number of carbonyl (C=O) groups is 2. The zero-order valence-corrected chi connectivity index (χ0v) is 18.9. The first-order chi connectivity index (χ1) is 15.1. The Hall–Kier alpha value is -2.28. The summed E-state index contributed by atoms with van der Waals surface area (Å²) in [4.78, 5) is 29.1. The molecule has 2 aliphatic heterocycles. The quantitative estimate of drug-likeness (QED) is 0.620. The van der Waals surface area contributed by atoms with Gasteiger partial charge in [-0.15, -0.1) is 0 Å². The zero-order chi connectivity index (χ0) is 21.6. The Morgan fingerprint density at radius 1 is 1.13 bits per heavy atom. The third-order valence-corrected chi connectivity index (χ3v) is 6.98. The molecule has 0 aliphatic carbocycles. The maximum atomic E-state index is 12.6. The minimum Gasteiger partial charge on any atom is -0.351 e. The summed E-state index contributed by atoms with van der Waals surface area (Å²) < 4.78 is 0. The van der Waals surface area contributed by atoms with Gasteiger partial charge in [0.05, 0.1) is 10.6 Å². The van der Waals surface area contributed by atoms with Gasteiger partial charge in [0, 0.05) is 28.6 Å². The van der Waals surface area contributed by atoms with Gasteiger partial charge in [0.2, 0.25) is 0 Å². The van der Waals surface area contributed by atoms with E-state index < -0.39 is 0 Å². The summed E-state index contributed by atoms with van der Waals surface area (Å²) in [5, 5.41) is 6.51. The highest BCUT2D eigenvalue weighted by atomic mass is 35.5. The van der Waals surface area contributed by atoms with E-state index in [4.69, 9.17) is 11.6 Å². The summed E-state index contributed by atoms with van der Waals surface area (Å²) in [5.74, 6) is -0.314. The molecular weight excluding hydrogens is 430 g/mol. The number of amides is 2. The number of likely N-dealkylation sites (tertiary alicyclic amines) is 1. The average Bonchev–Trinajstić information content (AvgIpc) is 3.04. The molecule has 5 nitrogen and oxygen atoms in total. The predicted octanol–water partition coefficient (Wildman–Crippen LogP) is 5.03. The first-order valence-corrected chi connectivity index (χ1v) is 11.9. The Balaban J connectivity index is 1.39. The van der Waals surface area contributed by atoms with E-state index in [9.17, 15) is 9.59 Å². The predicted molar refractivity (Wildman–Crippen MR) is 128 cm³/mol.